The van der Waals surface area contributed by atoms with Crippen LogP contribution >= 0.6 is 0 Å². The van der Waals surface area contributed by atoms with Crippen molar-refractivity contribution in [3.05, 3.63) is 64.6 Å². The first-order chi connectivity index (χ1) is 14.4. The Bertz CT molecular complexity index is 1130. The number of aromatic nitrogens is 2. The first-order valence-electron chi connectivity index (χ1n) is 9.11. The number of carbonyl (C=O) groups is 2. The van der Waals surface area contributed by atoms with E-state index in [-0.39, 0.29) is 17.6 Å². The number of carboxylic acid groups (broad SMARTS) is 1. The van der Waals surface area contributed by atoms with Crippen molar-refractivity contribution in [3.63, 3.8) is 0 Å². The quantitative estimate of drug-likeness (QED) is 0.572. The summed E-state index contributed by atoms with van der Waals surface area (Å²) in [6, 6.07) is 11.1. The van der Waals surface area contributed by atoms with Gasteiger partial charge in [0.1, 0.15) is 12.6 Å². The standard InChI is InChI=1S/C21H21N3O6/c1-29-16-9-8-14-11-22-24(20(26)18(14)19(16)30-2)12-17(25)23-15(21(27)28)10-13-6-4-3-5-7-13/h3-9,11,15H,10,12H2,1-2H3,(H,23,25)(H,27,28)/t15-/m0/s1. The number of carbonyl (C=O) groups excluding carboxylic acids is 1. The third-order valence-electron chi connectivity index (χ3n) is 4.57. The van der Waals surface area contributed by atoms with Crippen molar-refractivity contribution >= 4 is 22.6 Å². The van der Waals surface area contributed by atoms with Gasteiger partial charge in [0, 0.05) is 11.8 Å². The molecule has 1 amide bonds. The molecule has 156 valence electrons. The SMILES string of the molecule is COc1ccc2cnn(CC(=O)N[C@@H](Cc3ccccc3)C(=O)O)c(=O)c2c1OC. The van der Waals surface area contributed by atoms with Crippen LogP contribution in [0.15, 0.2) is 53.5 Å². The largest absolute Gasteiger partial charge is 0.493 e. The van der Waals surface area contributed by atoms with Gasteiger partial charge in [-0.1, -0.05) is 30.3 Å². The van der Waals surface area contributed by atoms with Crippen LogP contribution in [-0.2, 0) is 22.6 Å². The molecule has 9 nitrogen and oxygen atoms in total. The molecule has 0 saturated carbocycles. The molecule has 0 unspecified atom stereocenters. The average Bonchev–Trinajstić information content (AvgIpc) is 2.75. The highest BCUT2D eigenvalue weighted by molar-refractivity contribution is 5.89. The van der Waals surface area contributed by atoms with Crippen molar-refractivity contribution in [1.29, 1.82) is 0 Å². The summed E-state index contributed by atoms with van der Waals surface area (Å²) in [6.45, 7) is -0.437. The Hall–Kier alpha value is -3.88. The van der Waals surface area contributed by atoms with Gasteiger partial charge in [-0.15, -0.1) is 0 Å². The van der Waals surface area contributed by atoms with Crippen molar-refractivity contribution in [3.8, 4) is 11.5 Å². The third kappa shape index (κ3) is 4.40. The van der Waals surface area contributed by atoms with Gasteiger partial charge in [-0.05, 0) is 17.7 Å². The number of benzene rings is 2. The maximum absolute atomic E-state index is 12.9. The van der Waals surface area contributed by atoms with E-state index < -0.39 is 30.0 Å². The van der Waals surface area contributed by atoms with Gasteiger partial charge in [0.05, 0.1) is 25.8 Å². The van der Waals surface area contributed by atoms with Crippen molar-refractivity contribution in [2.24, 2.45) is 0 Å². The van der Waals surface area contributed by atoms with Gasteiger partial charge >= 0.3 is 5.97 Å². The lowest BCUT2D eigenvalue weighted by atomic mass is 10.1. The number of amides is 1. The minimum Gasteiger partial charge on any atom is -0.493 e. The van der Waals surface area contributed by atoms with Crippen LogP contribution in [-0.4, -0.2) is 47.0 Å². The number of hydrogen-bond acceptors (Lipinski definition) is 6. The molecule has 9 heteroatoms. The Morgan fingerprint density at radius 2 is 1.87 bits per heavy atom. The van der Waals surface area contributed by atoms with Crippen molar-refractivity contribution < 1.29 is 24.2 Å². The number of methoxy groups -OCH3 is 2. The predicted octanol–water partition coefficient (Wildman–Crippen LogP) is 1.23. The highest BCUT2D eigenvalue weighted by Crippen LogP contribution is 2.32. The number of carboxylic acids is 1. The van der Waals surface area contributed by atoms with E-state index in [2.05, 4.69) is 10.4 Å². The number of aliphatic carboxylic acids is 1. The molecule has 0 spiro atoms. The summed E-state index contributed by atoms with van der Waals surface area (Å²) in [5, 5.41) is 16.7. The Labute approximate surface area is 171 Å². The van der Waals surface area contributed by atoms with Gasteiger partial charge in [-0.3, -0.25) is 9.59 Å². The first kappa shape index (κ1) is 20.8. The lowest BCUT2D eigenvalue weighted by molar-refractivity contribution is -0.141. The predicted molar refractivity (Wildman–Crippen MR) is 109 cm³/mol. The molecule has 2 N–H and O–H groups in total. The highest BCUT2D eigenvalue weighted by atomic mass is 16.5. The molecule has 1 aromatic heterocycles. The molecular weight excluding hydrogens is 390 g/mol. The molecule has 1 atom stereocenters. The summed E-state index contributed by atoms with van der Waals surface area (Å²) >= 11 is 0. The van der Waals surface area contributed by atoms with Gasteiger partial charge in [-0.2, -0.15) is 5.10 Å². The zero-order chi connectivity index (χ0) is 21.7. The van der Waals surface area contributed by atoms with Crippen LogP contribution in [0.2, 0.25) is 0 Å². The minimum atomic E-state index is -1.17. The number of ether oxygens (including phenoxy) is 2. The van der Waals surface area contributed by atoms with Crippen LogP contribution in [0, 0.1) is 0 Å². The Morgan fingerprint density at radius 1 is 1.13 bits per heavy atom. The second-order valence-corrected chi connectivity index (χ2v) is 6.52. The number of fused-ring (bicyclic) bond motifs is 1. The molecule has 0 radical (unpaired) electrons. The van der Waals surface area contributed by atoms with Crippen LogP contribution < -0.4 is 20.3 Å². The van der Waals surface area contributed by atoms with Gasteiger partial charge in [-0.25, -0.2) is 9.48 Å². The van der Waals surface area contributed by atoms with E-state index in [4.69, 9.17) is 9.47 Å². The van der Waals surface area contributed by atoms with Crippen molar-refractivity contribution in [2.75, 3.05) is 14.2 Å². The molecule has 0 bridgehead atoms. The summed E-state index contributed by atoms with van der Waals surface area (Å²) < 4.78 is 11.5. The second kappa shape index (κ2) is 9.08. The molecule has 1 heterocycles. The molecule has 3 aromatic rings. The fourth-order valence-corrected chi connectivity index (χ4v) is 3.12. The lowest BCUT2D eigenvalue weighted by Crippen LogP contribution is -2.44. The van der Waals surface area contributed by atoms with Crippen LogP contribution in [0.5, 0.6) is 11.5 Å². The molecule has 0 aliphatic carbocycles. The summed E-state index contributed by atoms with van der Waals surface area (Å²) in [5.41, 5.74) is 0.219. The van der Waals surface area contributed by atoms with Crippen LogP contribution in [0.3, 0.4) is 0 Å². The zero-order valence-electron chi connectivity index (χ0n) is 16.5. The van der Waals surface area contributed by atoms with E-state index >= 15 is 0 Å². The van der Waals surface area contributed by atoms with Crippen LogP contribution in [0.4, 0.5) is 0 Å². The van der Waals surface area contributed by atoms with Crippen molar-refractivity contribution in [2.45, 2.75) is 19.0 Å². The molecule has 0 fully saturated rings. The number of hydrogen-bond donors (Lipinski definition) is 2. The first-order valence-corrected chi connectivity index (χ1v) is 9.11. The van der Waals surface area contributed by atoms with E-state index in [1.165, 1.54) is 20.4 Å². The van der Waals surface area contributed by atoms with Gasteiger partial charge in [0.15, 0.2) is 11.5 Å². The molecule has 0 aliphatic rings. The number of rotatable bonds is 8. The molecule has 0 saturated heterocycles. The molecular formula is C21H21N3O6. The van der Waals surface area contributed by atoms with Crippen molar-refractivity contribution in [1.82, 2.24) is 15.1 Å². The number of nitrogens with zero attached hydrogens (tertiary/aromatic N) is 2. The normalized spacial score (nSPS) is 11.7. The maximum atomic E-state index is 12.9. The lowest BCUT2D eigenvalue weighted by Gasteiger charge is -2.15. The summed E-state index contributed by atoms with van der Waals surface area (Å²) in [4.78, 5) is 36.9. The second-order valence-electron chi connectivity index (χ2n) is 6.52. The maximum Gasteiger partial charge on any atom is 0.326 e. The third-order valence-corrected chi connectivity index (χ3v) is 4.57. The van der Waals surface area contributed by atoms with E-state index in [0.29, 0.717) is 11.1 Å². The van der Waals surface area contributed by atoms with Gasteiger partial charge in [0.2, 0.25) is 5.91 Å². The fraction of sp³-hybridized carbons (Fsp3) is 0.238. The Balaban J connectivity index is 1.84. The Kier molecular flexibility index (Phi) is 6.31. The van der Waals surface area contributed by atoms with Crippen LogP contribution in [0.25, 0.3) is 10.8 Å². The van der Waals surface area contributed by atoms with Crippen LogP contribution in [0.1, 0.15) is 5.56 Å². The Morgan fingerprint density at radius 3 is 2.50 bits per heavy atom. The van der Waals surface area contributed by atoms with E-state index in [0.717, 1.165) is 10.2 Å². The molecule has 0 aliphatic heterocycles. The van der Waals surface area contributed by atoms with Gasteiger partial charge < -0.3 is 19.9 Å². The fourth-order valence-electron chi connectivity index (χ4n) is 3.12. The summed E-state index contributed by atoms with van der Waals surface area (Å²) in [7, 11) is 2.87. The van der Waals surface area contributed by atoms with E-state index in [9.17, 15) is 19.5 Å². The monoisotopic (exact) mass is 411 g/mol. The zero-order valence-corrected chi connectivity index (χ0v) is 16.5. The highest BCUT2D eigenvalue weighted by Gasteiger charge is 2.22. The van der Waals surface area contributed by atoms with E-state index in [1.807, 2.05) is 6.07 Å². The molecule has 3 rings (SSSR count). The minimum absolute atomic E-state index is 0.118. The summed E-state index contributed by atoms with van der Waals surface area (Å²) in [5.74, 6) is -1.20. The summed E-state index contributed by atoms with van der Waals surface area (Å²) in [6.07, 6.45) is 1.55. The molecule has 2 aromatic carbocycles. The number of nitrogens with one attached hydrogen (secondary N) is 1. The van der Waals surface area contributed by atoms with E-state index in [1.54, 1.807) is 36.4 Å². The van der Waals surface area contributed by atoms with Gasteiger partial charge in [0.25, 0.3) is 5.56 Å². The average molecular weight is 411 g/mol. The topological polar surface area (TPSA) is 120 Å². The molecule has 30 heavy (non-hydrogen) atoms. The smallest absolute Gasteiger partial charge is 0.326 e.